The first-order valence-electron chi connectivity index (χ1n) is 5.57. The van der Waals surface area contributed by atoms with Crippen molar-refractivity contribution < 1.29 is 4.42 Å². The molecule has 0 spiro atoms. The maximum atomic E-state index is 5.62. The van der Waals surface area contributed by atoms with E-state index in [-0.39, 0.29) is 0 Å². The summed E-state index contributed by atoms with van der Waals surface area (Å²) in [5.41, 5.74) is 6.63. The fraction of sp³-hybridized carbons (Fsp3) is 0.333. The van der Waals surface area contributed by atoms with Crippen molar-refractivity contribution in [2.75, 3.05) is 17.2 Å². The SMILES string of the molecule is CCN(Cc1ccco1)c1nc(N)ncc1C. The topological polar surface area (TPSA) is 68.2 Å². The lowest BCUT2D eigenvalue weighted by atomic mass is 10.3. The van der Waals surface area contributed by atoms with Crippen molar-refractivity contribution in [2.24, 2.45) is 0 Å². The van der Waals surface area contributed by atoms with E-state index in [2.05, 4.69) is 21.8 Å². The van der Waals surface area contributed by atoms with Crippen LogP contribution in [-0.4, -0.2) is 16.5 Å². The zero-order valence-corrected chi connectivity index (χ0v) is 10.1. The number of furan rings is 1. The lowest BCUT2D eigenvalue weighted by Crippen LogP contribution is -2.24. The maximum Gasteiger partial charge on any atom is 0.221 e. The van der Waals surface area contributed by atoms with Gasteiger partial charge in [-0.05, 0) is 26.0 Å². The average Bonchev–Trinajstić information content (AvgIpc) is 2.82. The molecule has 5 heteroatoms. The van der Waals surface area contributed by atoms with Gasteiger partial charge in [0.2, 0.25) is 5.95 Å². The number of nitrogens with two attached hydrogens (primary N) is 1. The molecule has 2 N–H and O–H groups in total. The van der Waals surface area contributed by atoms with Gasteiger partial charge in [0, 0.05) is 18.3 Å². The summed E-state index contributed by atoms with van der Waals surface area (Å²) >= 11 is 0. The van der Waals surface area contributed by atoms with Gasteiger partial charge >= 0.3 is 0 Å². The fourth-order valence-electron chi connectivity index (χ4n) is 1.69. The van der Waals surface area contributed by atoms with Crippen molar-refractivity contribution >= 4 is 11.8 Å². The van der Waals surface area contributed by atoms with Crippen LogP contribution in [0, 0.1) is 6.92 Å². The number of nitrogens with zero attached hydrogens (tertiary/aromatic N) is 3. The Morgan fingerprint density at radius 3 is 2.94 bits per heavy atom. The molecule has 0 saturated heterocycles. The lowest BCUT2D eigenvalue weighted by molar-refractivity contribution is 0.502. The first-order chi connectivity index (χ1) is 8.20. The Labute approximate surface area is 100 Å². The Hall–Kier alpha value is -2.04. The van der Waals surface area contributed by atoms with Crippen molar-refractivity contribution in [2.45, 2.75) is 20.4 Å². The number of anilines is 2. The van der Waals surface area contributed by atoms with Crippen molar-refractivity contribution in [1.29, 1.82) is 0 Å². The Bertz CT molecular complexity index is 481. The third-order valence-corrected chi connectivity index (χ3v) is 2.57. The number of aryl methyl sites for hydroxylation is 1. The van der Waals surface area contributed by atoms with Gasteiger partial charge in [-0.15, -0.1) is 0 Å². The summed E-state index contributed by atoms with van der Waals surface area (Å²) in [4.78, 5) is 10.3. The Balaban J connectivity index is 2.25. The van der Waals surface area contributed by atoms with Gasteiger partial charge < -0.3 is 15.1 Å². The molecule has 0 aromatic carbocycles. The highest BCUT2D eigenvalue weighted by Gasteiger charge is 2.12. The molecular weight excluding hydrogens is 216 g/mol. The molecule has 0 aliphatic rings. The molecule has 0 fully saturated rings. The molecular formula is C12H16N4O. The molecule has 0 amide bonds. The van der Waals surface area contributed by atoms with Gasteiger partial charge in [0.05, 0.1) is 12.8 Å². The van der Waals surface area contributed by atoms with Crippen LogP contribution in [-0.2, 0) is 6.54 Å². The second kappa shape index (κ2) is 4.86. The van der Waals surface area contributed by atoms with Crippen LogP contribution in [0.5, 0.6) is 0 Å². The van der Waals surface area contributed by atoms with Crippen LogP contribution in [0.1, 0.15) is 18.2 Å². The Morgan fingerprint density at radius 2 is 2.29 bits per heavy atom. The summed E-state index contributed by atoms with van der Waals surface area (Å²) < 4.78 is 5.34. The largest absolute Gasteiger partial charge is 0.467 e. The van der Waals surface area contributed by atoms with Gasteiger partial charge in [0.15, 0.2) is 0 Å². The second-order valence-corrected chi connectivity index (χ2v) is 3.83. The molecule has 2 rings (SSSR count). The van der Waals surface area contributed by atoms with Gasteiger partial charge in [0.1, 0.15) is 11.6 Å². The smallest absolute Gasteiger partial charge is 0.221 e. The van der Waals surface area contributed by atoms with E-state index in [1.807, 2.05) is 19.1 Å². The average molecular weight is 232 g/mol. The Kier molecular flexibility index (Phi) is 3.27. The molecule has 2 heterocycles. The van der Waals surface area contributed by atoms with Crippen LogP contribution < -0.4 is 10.6 Å². The molecule has 2 aromatic rings. The van der Waals surface area contributed by atoms with Gasteiger partial charge in [-0.1, -0.05) is 0 Å². The summed E-state index contributed by atoms with van der Waals surface area (Å²) in [5.74, 6) is 2.06. The molecule has 0 atom stereocenters. The van der Waals surface area contributed by atoms with E-state index in [1.165, 1.54) is 0 Å². The van der Waals surface area contributed by atoms with Crippen molar-refractivity contribution in [3.63, 3.8) is 0 Å². The molecule has 0 radical (unpaired) electrons. The standard InChI is InChI=1S/C12H16N4O/c1-3-16(8-10-5-4-6-17-10)11-9(2)7-14-12(13)15-11/h4-7H,3,8H2,1-2H3,(H2,13,14,15). The van der Waals surface area contributed by atoms with Crippen molar-refractivity contribution in [3.8, 4) is 0 Å². The number of rotatable bonds is 4. The number of aromatic nitrogens is 2. The van der Waals surface area contributed by atoms with E-state index >= 15 is 0 Å². The first-order valence-corrected chi connectivity index (χ1v) is 5.57. The molecule has 17 heavy (non-hydrogen) atoms. The highest BCUT2D eigenvalue weighted by atomic mass is 16.3. The fourth-order valence-corrected chi connectivity index (χ4v) is 1.69. The molecule has 0 aliphatic heterocycles. The zero-order chi connectivity index (χ0) is 12.3. The van der Waals surface area contributed by atoms with Gasteiger partial charge in [-0.2, -0.15) is 4.98 Å². The quantitative estimate of drug-likeness (QED) is 0.873. The molecule has 90 valence electrons. The van der Waals surface area contributed by atoms with Crippen LogP contribution in [0.15, 0.2) is 29.0 Å². The molecule has 5 nitrogen and oxygen atoms in total. The third-order valence-electron chi connectivity index (χ3n) is 2.57. The highest BCUT2D eigenvalue weighted by molar-refractivity contribution is 5.47. The van der Waals surface area contributed by atoms with Crippen molar-refractivity contribution in [3.05, 3.63) is 35.9 Å². The molecule has 0 unspecified atom stereocenters. The van der Waals surface area contributed by atoms with E-state index in [9.17, 15) is 0 Å². The summed E-state index contributed by atoms with van der Waals surface area (Å²) in [5, 5.41) is 0. The van der Waals surface area contributed by atoms with E-state index in [1.54, 1.807) is 12.5 Å². The highest BCUT2D eigenvalue weighted by Crippen LogP contribution is 2.19. The third kappa shape index (κ3) is 2.55. The number of hydrogen-bond donors (Lipinski definition) is 1. The minimum absolute atomic E-state index is 0.295. The van der Waals surface area contributed by atoms with Crippen LogP contribution >= 0.6 is 0 Å². The minimum atomic E-state index is 0.295. The summed E-state index contributed by atoms with van der Waals surface area (Å²) in [6.07, 6.45) is 3.41. The Morgan fingerprint density at radius 1 is 1.47 bits per heavy atom. The van der Waals surface area contributed by atoms with Crippen LogP contribution in [0.4, 0.5) is 11.8 Å². The monoisotopic (exact) mass is 232 g/mol. The van der Waals surface area contributed by atoms with E-state index in [0.29, 0.717) is 12.5 Å². The molecule has 0 saturated carbocycles. The minimum Gasteiger partial charge on any atom is -0.467 e. The molecule has 2 aromatic heterocycles. The summed E-state index contributed by atoms with van der Waals surface area (Å²) in [6, 6.07) is 3.83. The predicted molar refractivity (Wildman–Crippen MR) is 66.6 cm³/mol. The number of nitrogen functional groups attached to an aromatic ring is 1. The van der Waals surface area contributed by atoms with Gasteiger partial charge in [-0.25, -0.2) is 4.98 Å². The summed E-state index contributed by atoms with van der Waals surface area (Å²) in [7, 11) is 0. The first kappa shape index (κ1) is 11.4. The maximum absolute atomic E-state index is 5.62. The molecule has 0 aliphatic carbocycles. The molecule has 0 bridgehead atoms. The normalized spacial score (nSPS) is 10.5. The van der Waals surface area contributed by atoms with Gasteiger partial charge in [0.25, 0.3) is 0 Å². The second-order valence-electron chi connectivity index (χ2n) is 3.83. The van der Waals surface area contributed by atoms with E-state index in [0.717, 1.165) is 23.7 Å². The van der Waals surface area contributed by atoms with E-state index < -0.39 is 0 Å². The van der Waals surface area contributed by atoms with Gasteiger partial charge in [-0.3, -0.25) is 0 Å². The van der Waals surface area contributed by atoms with Crippen molar-refractivity contribution in [1.82, 2.24) is 9.97 Å². The zero-order valence-electron chi connectivity index (χ0n) is 10.1. The number of hydrogen-bond acceptors (Lipinski definition) is 5. The van der Waals surface area contributed by atoms with E-state index in [4.69, 9.17) is 10.2 Å². The van der Waals surface area contributed by atoms with Crippen LogP contribution in [0.25, 0.3) is 0 Å². The summed E-state index contributed by atoms with van der Waals surface area (Å²) in [6.45, 7) is 5.55. The van der Waals surface area contributed by atoms with Crippen LogP contribution in [0.2, 0.25) is 0 Å². The van der Waals surface area contributed by atoms with Crippen LogP contribution in [0.3, 0.4) is 0 Å². The lowest BCUT2D eigenvalue weighted by Gasteiger charge is -2.22. The predicted octanol–water partition coefficient (Wildman–Crippen LogP) is 1.99.